The molecule has 1 nitrogen and oxygen atoms in total. The van der Waals surface area contributed by atoms with Crippen LogP contribution in [0.2, 0.25) is 10.0 Å². The highest BCUT2D eigenvalue weighted by Gasteiger charge is 2.12. The quantitative estimate of drug-likeness (QED) is 0.711. The predicted molar refractivity (Wildman–Crippen MR) is 89.0 cm³/mol. The van der Waals surface area contributed by atoms with Gasteiger partial charge in [-0.05, 0) is 43.5 Å². The Bertz CT molecular complexity index is 591. The molecule has 0 saturated heterocycles. The van der Waals surface area contributed by atoms with Crippen LogP contribution in [0.3, 0.4) is 0 Å². The Morgan fingerprint density at radius 1 is 1.00 bits per heavy atom. The van der Waals surface area contributed by atoms with Crippen molar-refractivity contribution < 1.29 is 0 Å². The van der Waals surface area contributed by atoms with E-state index in [2.05, 4.69) is 43.4 Å². The molecule has 0 amide bonds. The Kier molecular flexibility index (Phi) is 4.95. The van der Waals surface area contributed by atoms with Gasteiger partial charge in [-0.3, -0.25) is 0 Å². The summed E-state index contributed by atoms with van der Waals surface area (Å²) in [6.45, 7) is 6.20. The van der Waals surface area contributed by atoms with E-state index < -0.39 is 0 Å². The smallest absolute Gasteiger partial charge is 0.0641 e. The number of hydrogen-bond acceptors (Lipinski definition) is 1. The zero-order valence-corrected chi connectivity index (χ0v) is 13.5. The molecule has 0 bridgehead atoms. The minimum Gasteiger partial charge on any atom is -0.377 e. The molecule has 0 fully saturated rings. The van der Waals surface area contributed by atoms with Crippen molar-refractivity contribution in [1.82, 2.24) is 0 Å². The van der Waals surface area contributed by atoms with Crippen LogP contribution < -0.4 is 5.32 Å². The number of nitrogens with one attached hydrogen (secondary N) is 1. The average Bonchev–Trinajstić information content (AvgIpc) is 2.42. The maximum atomic E-state index is 6.29. The summed E-state index contributed by atoms with van der Waals surface area (Å²) in [7, 11) is 0. The van der Waals surface area contributed by atoms with Crippen molar-refractivity contribution in [2.45, 2.75) is 33.2 Å². The molecule has 0 aliphatic heterocycles. The molecule has 1 unspecified atom stereocenters. The minimum atomic E-state index is 0.229. The van der Waals surface area contributed by atoms with Crippen LogP contribution in [0.15, 0.2) is 36.4 Å². The van der Waals surface area contributed by atoms with Crippen molar-refractivity contribution in [3.8, 4) is 0 Å². The van der Waals surface area contributed by atoms with E-state index in [0.29, 0.717) is 5.02 Å². The molecule has 0 spiro atoms. The van der Waals surface area contributed by atoms with Crippen molar-refractivity contribution in [3.63, 3.8) is 0 Å². The maximum absolute atomic E-state index is 6.29. The number of halogens is 2. The van der Waals surface area contributed by atoms with Gasteiger partial charge in [-0.1, -0.05) is 60.0 Å². The van der Waals surface area contributed by atoms with Crippen LogP contribution in [0.25, 0.3) is 0 Å². The molecule has 3 heteroatoms. The highest BCUT2D eigenvalue weighted by atomic mass is 35.5. The largest absolute Gasteiger partial charge is 0.377 e. The third-order valence-corrected chi connectivity index (χ3v) is 4.19. The highest BCUT2D eigenvalue weighted by Crippen LogP contribution is 2.32. The Labute approximate surface area is 130 Å². The van der Waals surface area contributed by atoms with Crippen molar-refractivity contribution in [3.05, 3.63) is 63.1 Å². The topological polar surface area (TPSA) is 12.0 Å². The van der Waals surface area contributed by atoms with Crippen LogP contribution >= 0.6 is 23.2 Å². The Balaban J connectivity index is 2.26. The van der Waals surface area contributed by atoms with Crippen LogP contribution in [0.5, 0.6) is 0 Å². The molecule has 106 valence electrons. The summed E-state index contributed by atoms with van der Waals surface area (Å²) in [5, 5.41) is 4.92. The van der Waals surface area contributed by atoms with Gasteiger partial charge in [0.05, 0.1) is 16.8 Å². The molecular weight excluding hydrogens is 289 g/mol. The van der Waals surface area contributed by atoms with Gasteiger partial charge in [-0.2, -0.15) is 0 Å². The molecule has 1 atom stereocenters. The summed E-state index contributed by atoms with van der Waals surface area (Å²) in [6, 6.07) is 12.6. The lowest BCUT2D eigenvalue weighted by atomic mass is 10.0. The second kappa shape index (κ2) is 6.51. The third kappa shape index (κ3) is 3.47. The van der Waals surface area contributed by atoms with Gasteiger partial charge in [-0.15, -0.1) is 0 Å². The lowest BCUT2D eigenvalue weighted by Gasteiger charge is -2.20. The van der Waals surface area contributed by atoms with Crippen molar-refractivity contribution >= 4 is 28.9 Å². The number of aryl methyl sites for hydroxylation is 2. The first-order valence-electron chi connectivity index (χ1n) is 6.80. The molecule has 1 N–H and O–H groups in total. The van der Waals surface area contributed by atoms with Gasteiger partial charge >= 0.3 is 0 Å². The van der Waals surface area contributed by atoms with Crippen molar-refractivity contribution in [2.24, 2.45) is 0 Å². The predicted octanol–water partition coefficient (Wildman–Crippen LogP) is 6.17. The molecule has 2 rings (SSSR count). The number of anilines is 1. The molecule has 0 aliphatic carbocycles. The zero-order chi connectivity index (χ0) is 14.7. The zero-order valence-electron chi connectivity index (χ0n) is 12.0. The Hall–Kier alpha value is -1.18. The van der Waals surface area contributed by atoms with E-state index in [0.717, 1.165) is 22.7 Å². The van der Waals surface area contributed by atoms with Gasteiger partial charge in [-0.25, -0.2) is 0 Å². The molecular formula is C17H19Cl2N. The molecule has 0 aliphatic rings. The summed E-state index contributed by atoms with van der Waals surface area (Å²) >= 11 is 12.5. The Morgan fingerprint density at radius 2 is 1.65 bits per heavy atom. The standard InChI is InChI=1S/C17H19Cl2N/c1-4-16(13-7-5-11(2)6-8-13)20-17-10-14(18)12(3)9-15(17)19/h5-10,16,20H,4H2,1-3H3. The van der Waals surface area contributed by atoms with Crippen LogP contribution in [0, 0.1) is 13.8 Å². The van der Waals surface area contributed by atoms with Gasteiger partial charge in [0.25, 0.3) is 0 Å². The molecule has 0 radical (unpaired) electrons. The summed E-state index contributed by atoms with van der Waals surface area (Å²) in [5.74, 6) is 0. The van der Waals surface area contributed by atoms with Gasteiger partial charge in [0, 0.05) is 5.02 Å². The fourth-order valence-electron chi connectivity index (χ4n) is 2.16. The first kappa shape index (κ1) is 15.2. The SMILES string of the molecule is CCC(Nc1cc(Cl)c(C)cc1Cl)c1ccc(C)cc1. The van der Waals surface area contributed by atoms with Crippen molar-refractivity contribution in [1.29, 1.82) is 0 Å². The van der Waals surface area contributed by atoms with E-state index in [1.807, 2.05) is 19.1 Å². The minimum absolute atomic E-state index is 0.229. The van der Waals surface area contributed by atoms with Gasteiger partial charge in [0.15, 0.2) is 0 Å². The summed E-state index contributed by atoms with van der Waals surface area (Å²) in [4.78, 5) is 0. The van der Waals surface area contributed by atoms with Crippen LogP contribution in [0.4, 0.5) is 5.69 Å². The van der Waals surface area contributed by atoms with Gasteiger partial charge in [0.2, 0.25) is 0 Å². The monoisotopic (exact) mass is 307 g/mol. The molecule has 0 heterocycles. The van der Waals surface area contributed by atoms with E-state index in [4.69, 9.17) is 23.2 Å². The molecule has 2 aromatic rings. The normalized spacial score (nSPS) is 12.2. The maximum Gasteiger partial charge on any atom is 0.0641 e. The van der Waals surface area contributed by atoms with Crippen LogP contribution in [0.1, 0.15) is 36.1 Å². The number of benzene rings is 2. The second-order valence-corrected chi connectivity index (χ2v) is 5.91. The lowest BCUT2D eigenvalue weighted by Crippen LogP contribution is -2.10. The number of hydrogen-bond donors (Lipinski definition) is 1. The van der Waals surface area contributed by atoms with Gasteiger partial charge < -0.3 is 5.32 Å². The fourth-order valence-corrected chi connectivity index (χ4v) is 2.60. The Morgan fingerprint density at radius 3 is 2.25 bits per heavy atom. The van der Waals surface area contributed by atoms with E-state index in [-0.39, 0.29) is 6.04 Å². The van der Waals surface area contributed by atoms with Gasteiger partial charge in [0.1, 0.15) is 0 Å². The third-order valence-electron chi connectivity index (χ3n) is 3.47. The lowest BCUT2D eigenvalue weighted by molar-refractivity contribution is 0.749. The van der Waals surface area contributed by atoms with Crippen LogP contribution in [-0.2, 0) is 0 Å². The second-order valence-electron chi connectivity index (χ2n) is 5.10. The van der Waals surface area contributed by atoms with E-state index in [9.17, 15) is 0 Å². The van der Waals surface area contributed by atoms with E-state index >= 15 is 0 Å². The highest BCUT2D eigenvalue weighted by molar-refractivity contribution is 6.35. The molecule has 20 heavy (non-hydrogen) atoms. The average molecular weight is 308 g/mol. The molecule has 0 saturated carbocycles. The summed E-state index contributed by atoms with van der Waals surface area (Å²) < 4.78 is 0. The number of rotatable bonds is 4. The van der Waals surface area contributed by atoms with Crippen LogP contribution in [-0.4, -0.2) is 0 Å². The van der Waals surface area contributed by atoms with E-state index in [1.165, 1.54) is 11.1 Å². The molecule has 2 aromatic carbocycles. The summed E-state index contributed by atoms with van der Waals surface area (Å²) in [6.07, 6.45) is 0.977. The van der Waals surface area contributed by atoms with Crippen molar-refractivity contribution in [2.75, 3.05) is 5.32 Å². The molecule has 0 aromatic heterocycles. The first-order chi connectivity index (χ1) is 9.51. The fraction of sp³-hybridized carbons (Fsp3) is 0.294. The van der Waals surface area contributed by atoms with E-state index in [1.54, 1.807) is 0 Å². The summed E-state index contributed by atoms with van der Waals surface area (Å²) in [5.41, 5.74) is 4.39. The first-order valence-corrected chi connectivity index (χ1v) is 7.55.